The van der Waals surface area contributed by atoms with Crippen LogP contribution >= 0.6 is 0 Å². The van der Waals surface area contributed by atoms with Crippen molar-refractivity contribution in [1.82, 2.24) is 9.78 Å². The molecule has 6 nitrogen and oxygen atoms in total. The van der Waals surface area contributed by atoms with Crippen molar-refractivity contribution in [3.05, 3.63) is 66.1 Å². The summed E-state index contributed by atoms with van der Waals surface area (Å²) in [4.78, 5) is 24.7. The van der Waals surface area contributed by atoms with Crippen molar-refractivity contribution in [1.29, 1.82) is 0 Å². The van der Waals surface area contributed by atoms with E-state index in [0.717, 1.165) is 18.4 Å². The number of amides is 1. The number of anilines is 1. The molecule has 1 heterocycles. The lowest BCUT2D eigenvalue weighted by Crippen LogP contribution is -2.21. The SMILES string of the molecule is CCOC(=O)c1cc(-c2cccc(NC(=O)C(CC)CC)c2)n(-c2ccc(F)cc2)n1. The molecule has 162 valence electrons. The Balaban J connectivity index is 2.02. The van der Waals surface area contributed by atoms with Crippen molar-refractivity contribution in [3.63, 3.8) is 0 Å². The van der Waals surface area contributed by atoms with E-state index in [2.05, 4.69) is 10.4 Å². The molecule has 3 rings (SSSR count). The maximum Gasteiger partial charge on any atom is 0.358 e. The maximum absolute atomic E-state index is 13.4. The molecule has 0 fully saturated rings. The van der Waals surface area contributed by atoms with Gasteiger partial charge in [-0.05, 0) is 62.2 Å². The summed E-state index contributed by atoms with van der Waals surface area (Å²) in [5.74, 6) is -0.984. The molecule has 1 aromatic heterocycles. The monoisotopic (exact) mass is 423 g/mol. The number of rotatable bonds is 8. The highest BCUT2D eigenvalue weighted by Gasteiger charge is 2.19. The predicted octanol–water partition coefficient (Wildman–Crippen LogP) is 5.23. The first-order valence-corrected chi connectivity index (χ1v) is 10.4. The second kappa shape index (κ2) is 10.0. The van der Waals surface area contributed by atoms with Gasteiger partial charge in [0.05, 0.1) is 18.0 Å². The lowest BCUT2D eigenvalue weighted by atomic mass is 10.0. The molecule has 0 bridgehead atoms. The Morgan fingerprint density at radius 2 is 1.77 bits per heavy atom. The zero-order valence-electron chi connectivity index (χ0n) is 17.9. The summed E-state index contributed by atoms with van der Waals surface area (Å²) >= 11 is 0. The number of esters is 1. The smallest absolute Gasteiger partial charge is 0.358 e. The lowest BCUT2D eigenvalue weighted by Gasteiger charge is -2.14. The van der Waals surface area contributed by atoms with Crippen molar-refractivity contribution in [3.8, 4) is 16.9 Å². The fraction of sp³-hybridized carbons (Fsp3) is 0.292. The van der Waals surface area contributed by atoms with Crippen LogP contribution in [0.15, 0.2) is 54.6 Å². The highest BCUT2D eigenvalue weighted by molar-refractivity contribution is 5.93. The standard InChI is InChI=1S/C24H26FN3O3/c1-4-16(5-2)23(29)26-19-9-7-8-17(14-19)22-15-21(24(30)31-6-3)27-28(22)20-12-10-18(25)11-13-20/h7-16H,4-6H2,1-3H3,(H,26,29). The third-order valence-corrected chi connectivity index (χ3v) is 5.05. The largest absolute Gasteiger partial charge is 0.461 e. The number of hydrogen-bond donors (Lipinski definition) is 1. The Hall–Kier alpha value is -3.48. The molecule has 0 saturated carbocycles. The van der Waals surface area contributed by atoms with E-state index in [9.17, 15) is 14.0 Å². The number of carbonyl (C=O) groups is 2. The van der Waals surface area contributed by atoms with Crippen LogP contribution in [0.2, 0.25) is 0 Å². The van der Waals surface area contributed by atoms with E-state index in [1.165, 1.54) is 12.1 Å². The van der Waals surface area contributed by atoms with Crippen LogP contribution in [0.1, 0.15) is 44.1 Å². The summed E-state index contributed by atoms with van der Waals surface area (Å²) in [5, 5.41) is 7.34. The minimum atomic E-state index is -0.539. The second-order valence-electron chi connectivity index (χ2n) is 7.11. The molecule has 0 saturated heterocycles. The molecule has 2 aromatic carbocycles. The van der Waals surface area contributed by atoms with Crippen LogP contribution < -0.4 is 5.32 Å². The van der Waals surface area contributed by atoms with Crippen LogP contribution in [-0.2, 0) is 9.53 Å². The molecule has 0 aliphatic carbocycles. The third-order valence-electron chi connectivity index (χ3n) is 5.05. The van der Waals surface area contributed by atoms with Crippen molar-refractivity contribution in [2.75, 3.05) is 11.9 Å². The number of nitrogens with one attached hydrogen (secondary N) is 1. The van der Waals surface area contributed by atoms with Gasteiger partial charge in [0.15, 0.2) is 5.69 Å². The summed E-state index contributed by atoms with van der Waals surface area (Å²) < 4.78 is 20.1. The zero-order chi connectivity index (χ0) is 22.4. The summed E-state index contributed by atoms with van der Waals surface area (Å²) in [6, 6.07) is 14.8. The molecule has 0 spiro atoms. The Kier molecular flexibility index (Phi) is 7.18. The zero-order valence-corrected chi connectivity index (χ0v) is 17.9. The first-order valence-electron chi connectivity index (χ1n) is 10.4. The first-order chi connectivity index (χ1) is 15.0. The van der Waals surface area contributed by atoms with E-state index in [0.29, 0.717) is 17.1 Å². The number of carbonyl (C=O) groups excluding carboxylic acids is 2. The fourth-order valence-corrected chi connectivity index (χ4v) is 3.33. The normalized spacial score (nSPS) is 10.9. The Morgan fingerprint density at radius 1 is 1.06 bits per heavy atom. The van der Waals surface area contributed by atoms with Gasteiger partial charge in [0.2, 0.25) is 5.91 Å². The Bertz CT molecular complexity index is 1060. The van der Waals surface area contributed by atoms with E-state index in [1.54, 1.807) is 29.8 Å². The molecular formula is C24H26FN3O3. The van der Waals surface area contributed by atoms with Crippen LogP contribution in [0.4, 0.5) is 10.1 Å². The summed E-state index contributed by atoms with van der Waals surface area (Å²) in [7, 11) is 0. The minimum Gasteiger partial charge on any atom is -0.461 e. The molecule has 0 aliphatic rings. The van der Waals surface area contributed by atoms with E-state index >= 15 is 0 Å². The van der Waals surface area contributed by atoms with E-state index < -0.39 is 5.97 Å². The van der Waals surface area contributed by atoms with Gasteiger partial charge in [-0.15, -0.1) is 0 Å². The van der Waals surface area contributed by atoms with Gasteiger partial charge < -0.3 is 10.1 Å². The number of halogens is 1. The minimum absolute atomic E-state index is 0.0265. The molecule has 1 N–H and O–H groups in total. The van der Waals surface area contributed by atoms with Gasteiger partial charge >= 0.3 is 5.97 Å². The topological polar surface area (TPSA) is 73.2 Å². The molecule has 0 atom stereocenters. The highest BCUT2D eigenvalue weighted by atomic mass is 19.1. The molecule has 3 aromatic rings. The van der Waals surface area contributed by atoms with Crippen molar-refractivity contribution >= 4 is 17.6 Å². The van der Waals surface area contributed by atoms with Gasteiger partial charge in [-0.25, -0.2) is 13.9 Å². The molecule has 0 unspecified atom stereocenters. The van der Waals surface area contributed by atoms with Gasteiger partial charge in [0.1, 0.15) is 5.82 Å². The molecule has 0 aliphatic heterocycles. The average Bonchev–Trinajstić information content (AvgIpc) is 3.21. The van der Waals surface area contributed by atoms with E-state index in [-0.39, 0.29) is 29.9 Å². The molecule has 31 heavy (non-hydrogen) atoms. The average molecular weight is 423 g/mol. The molecule has 7 heteroatoms. The van der Waals surface area contributed by atoms with Gasteiger partial charge in [-0.3, -0.25) is 4.79 Å². The van der Waals surface area contributed by atoms with Crippen LogP contribution in [-0.4, -0.2) is 28.3 Å². The number of ether oxygens (including phenoxy) is 1. The van der Waals surface area contributed by atoms with Crippen LogP contribution in [0, 0.1) is 11.7 Å². The van der Waals surface area contributed by atoms with Crippen molar-refractivity contribution in [2.45, 2.75) is 33.6 Å². The number of aromatic nitrogens is 2. The first kappa shape index (κ1) is 22.2. The Morgan fingerprint density at radius 3 is 2.42 bits per heavy atom. The third kappa shape index (κ3) is 5.17. The second-order valence-corrected chi connectivity index (χ2v) is 7.11. The van der Waals surface area contributed by atoms with Crippen molar-refractivity contribution < 1.29 is 18.7 Å². The number of benzene rings is 2. The van der Waals surface area contributed by atoms with Gasteiger partial charge in [0.25, 0.3) is 0 Å². The number of hydrogen-bond acceptors (Lipinski definition) is 4. The van der Waals surface area contributed by atoms with Crippen LogP contribution in [0.3, 0.4) is 0 Å². The summed E-state index contributed by atoms with van der Waals surface area (Å²) in [6.45, 7) is 5.93. The number of nitrogens with zero attached hydrogens (tertiary/aromatic N) is 2. The van der Waals surface area contributed by atoms with E-state index in [1.807, 2.05) is 38.1 Å². The van der Waals surface area contributed by atoms with Gasteiger partial charge in [-0.2, -0.15) is 5.10 Å². The van der Waals surface area contributed by atoms with Gasteiger partial charge in [-0.1, -0.05) is 26.0 Å². The summed E-state index contributed by atoms with van der Waals surface area (Å²) in [6.07, 6.45) is 1.53. The fourth-order valence-electron chi connectivity index (χ4n) is 3.33. The maximum atomic E-state index is 13.4. The molecule has 0 radical (unpaired) electrons. The van der Waals surface area contributed by atoms with Crippen LogP contribution in [0.5, 0.6) is 0 Å². The van der Waals surface area contributed by atoms with Gasteiger partial charge in [0, 0.05) is 17.2 Å². The van der Waals surface area contributed by atoms with Crippen molar-refractivity contribution in [2.24, 2.45) is 5.92 Å². The predicted molar refractivity (Wildman–Crippen MR) is 118 cm³/mol. The molecular weight excluding hydrogens is 397 g/mol. The Labute approximate surface area is 181 Å². The molecule has 1 amide bonds. The van der Waals surface area contributed by atoms with E-state index in [4.69, 9.17) is 4.74 Å². The van der Waals surface area contributed by atoms with Crippen LogP contribution in [0.25, 0.3) is 16.9 Å². The summed E-state index contributed by atoms with van der Waals surface area (Å²) in [5.41, 5.74) is 2.76. The lowest BCUT2D eigenvalue weighted by molar-refractivity contribution is -0.120. The quantitative estimate of drug-likeness (QED) is 0.504. The highest BCUT2D eigenvalue weighted by Crippen LogP contribution is 2.27.